The summed E-state index contributed by atoms with van der Waals surface area (Å²) in [7, 11) is 0. The van der Waals surface area contributed by atoms with Gasteiger partial charge >= 0.3 is 0 Å². The minimum absolute atomic E-state index is 0.0334. The number of benzene rings is 1. The lowest BCUT2D eigenvalue weighted by molar-refractivity contribution is -0.116. The molecule has 2 aromatic heterocycles. The number of amides is 1. The smallest absolute Gasteiger partial charge is 0.224 e. The van der Waals surface area contributed by atoms with E-state index in [1.807, 2.05) is 31.2 Å². The van der Waals surface area contributed by atoms with Crippen LogP contribution in [0.15, 0.2) is 40.1 Å². The average molecular weight is 300 g/mol. The van der Waals surface area contributed by atoms with Gasteiger partial charge in [-0.1, -0.05) is 6.07 Å². The van der Waals surface area contributed by atoms with Crippen molar-refractivity contribution in [2.24, 2.45) is 0 Å². The number of hydrogen-bond donors (Lipinski definition) is 1. The van der Waals surface area contributed by atoms with Crippen LogP contribution in [0, 0.1) is 6.92 Å². The van der Waals surface area contributed by atoms with Crippen LogP contribution in [-0.2, 0) is 11.2 Å². The SMILES string of the molecule is Cc1nc2cc(NC(=O)CCCc3cccs3)ccc2o1. The minimum Gasteiger partial charge on any atom is -0.441 e. The number of rotatable bonds is 5. The quantitative estimate of drug-likeness (QED) is 0.769. The van der Waals surface area contributed by atoms with Crippen molar-refractivity contribution in [3.05, 3.63) is 46.5 Å². The molecule has 0 fully saturated rings. The Morgan fingerprint density at radius 3 is 3.10 bits per heavy atom. The van der Waals surface area contributed by atoms with E-state index in [0.29, 0.717) is 12.3 Å². The van der Waals surface area contributed by atoms with Crippen LogP contribution in [0.25, 0.3) is 11.1 Å². The van der Waals surface area contributed by atoms with Crippen LogP contribution in [0.1, 0.15) is 23.6 Å². The number of fused-ring (bicyclic) bond motifs is 1. The van der Waals surface area contributed by atoms with Crippen LogP contribution in [0.2, 0.25) is 0 Å². The molecule has 0 aliphatic carbocycles. The van der Waals surface area contributed by atoms with Crippen LogP contribution in [0.4, 0.5) is 5.69 Å². The van der Waals surface area contributed by atoms with Crippen molar-refractivity contribution >= 4 is 34.0 Å². The molecule has 0 saturated heterocycles. The number of aromatic nitrogens is 1. The third-order valence-electron chi connectivity index (χ3n) is 3.19. The first-order valence-electron chi connectivity index (χ1n) is 6.90. The van der Waals surface area contributed by atoms with Gasteiger partial charge in [-0.3, -0.25) is 4.79 Å². The van der Waals surface area contributed by atoms with Crippen LogP contribution >= 0.6 is 11.3 Å². The fourth-order valence-corrected chi connectivity index (χ4v) is 2.97. The van der Waals surface area contributed by atoms with Gasteiger partial charge in [-0.05, 0) is 42.5 Å². The van der Waals surface area contributed by atoms with E-state index in [1.54, 1.807) is 11.3 Å². The van der Waals surface area contributed by atoms with Crippen molar-refractivity contribution in [2.45, 2.75) is 26.2 Å². The molecule has 3 aromatic rings. The number of carbonyl (C=O) groups is 1. The summed E-state index contributed by atoms with van der Waals surface area (Å²) < 4.78 is 5.41. The second-order valence-electron chi connectivity index (χ2n) is 4.90. The summed E-state index contributed by atoms with van der Waals surface area (Å²) >= 11 is 1.73. The molecular formula is C16H16N2O2S. The summed E-state index contributed by atoms with van der Waals surface area (Å²) in [6, 6.07) is 9.64. The Bertz CT molecular complexity index is 747. The van der Waals surface area contributed by atoms with Gasteiger partial charge < -0.3 is 9.73 Å². The molecule has 1 N–H and O–H groups in total. The first-order valence-corrected chi connectivity index (χ1v) is 7.78. The summed E-state index contributed by atoms with van der Waals surface area (Å²) in [5.41, 5.74) is 2.27. The summed E-state index contributed by atoms with van der Waals surface area (Å²) in [5, 5.41) is 4.97. The fraction of sp³-hybridized carbons (Fsp3) is 0.250. The number of nitrogens with one attached hydrogen (secondary N) is 1. The molecule has 0 aliphatic rings. The highest BCUT2D eigenvalue weighted by Gasteiger charge is 2.06. The zero-order valence-electron chi connectivity index (χ0n) is 11.8. The van der Waals surface area contributed by atoms with Crippen molar-refractivity contribution in [3.8, 4) is 0 Å². The molecular weight excluding hydrogens is 284 g/mol. The zero-order chi connectivity index (χ0) is 14.7. The van der Waals surface area contributed by atoms with Crippen LogP contribution in [0.5, 0.6) is 0 Å². The predicted octanol–water partition coefficient (Wildman–Crippen LogP) is 4.16. The number of aryl methyl sites for hydroxylation is 2. The van der Waals surface area contributed by atoms with Gasteiger partial charge in [0.15, 0.2) is 11.5 Å². The normalized spacial score (nSPS) is 10.9. The van der Waals surface area contributed by atoms with E-state index in [2.05, 4.69) is 21.7 Å². The van der Waals surface area contributed by atoms with Gasteiger partial charge in [0.05, 0.1) is 0 Å². The van der Waals surface area contributed by atoms with Gasteiger partial charge in [0.2, 0.25) is 5.91 Å². The Hall–Kier alpha value is -2.14. The number of thiophene rings is 1. The molecule has 3 rings (SSSR count). The van der Waals surface area contributed by atoms with Crippen LogP contribution in [0.3, 0.4) is 0 Å². The third kappa shape index (κ3) is 3.49. The van der Waals surface area contributed by atoms with Crippen molar-refractivity contribution in [1.29, 1.82) is 0 Å². The van der Waals surface area contributed by atoms with Crippen molar-refractivity contribution in [1.82, 2.24) is 4.98 Å². The Labute approximate surface area is 126 Å². The fourth-order valence-electron chi connectivity index (χ4n) is 2.22. The van der Waals surface area contributed by atoms with E-state index in [4.69, 9.17) is 4.42 Å². The second kappa shape index (κ2) is 6.10. The van der Waals surface area contributed by atoms with E-state index in [9.17, 15) is 4.79 Å². The predicted molar refractivity (Wildman–Crippen MR) is 84.6 cm³/mol. The first-order chi connectivity index (χ1) is 10.2. The minimum atomic E-state index is 0.0334. The largest absolute Gasteiger partial charge is 0.441 e. The molecule has 4 nitrogen and oxygen atoms in total. The summed E-state index contributed by atoms with van der Waals surface area (Å²) in [6.45, 7) is 1.81. The van der Waals surface area contributed by atoms with Gasteiger partial charge in [0, 0.05) is 23.9 Å². The lowest BCUT2D eigenvalue weighted by Gasteiger charge is -2.04. The van der Waals surface area contributed by atoms with E-state index in [0.717, 1.165) is 29.6 Å². The first kappa shape index (κ1) is 13.8. The van der Waals surface area contributed by atoms with Gasteiger partial charge in [-0.25, -0.2) is 4.98 Å². The van der Waals surface area contributed by atoms with Crippen molar-refractivity contribution in [2.75, 3.05) is 5.32 Å². The highest BCUT2D eigenvalue weighted by molar-refractivity contribution is 7.09. The molecule has 1 amide bonds. The maximum absolute atomic E-state index is 11.9. The topological polar surface area (TPSA) is 55.1 Å². The van der Waals surface area contributed by atoms with Gasteiger partial charge in [0.1, 0.15) is 5.52 Å². The average Bonchev–Trinajstić information content (AvgIpc) is 3.06. The number of hydrogen-bond acceptors (Lipinski definition) is 4. The van der Waals surface area contributed by atoms with Crippen LogP contribution < -0.4 is 5.32 Å². The number of carbonyl (C=O) groups excluding carboxylic acids is 1. The monoisotopic (exact) mass is 300 g/mol. The Morgan fingerprint density at radius 2 is 2.29 bits per heavy atom. The molecule has 1 aromatic carbocycles. The lowest BCUT2D eigenvalue weighted by atomic mass is 10.2. The molecule has 0 spiro atoms. The number of oxazole rings is 1. The molecule has 2 heterocycles. The Balaban J connectivity index is 1.55. The maximum atomic E-state index is 11.9. The molecule has 0 aliphatic heterocycles. The Kier molecular flexibility index (Phi) is 4.01. The number of nitrogens with zero attached hydrogens (tertiary/aromatic N) is 1. The summed E-state index contributed by atoms with van der Waals surface area (Å²) in [4.78, 5) is 17.5. The second-order valence-corrected chi connectivity index (χ2v) is 5.93. The highest BCUT2D eigenvalue weighted by Crippen LogP contribution is 2.20. The summed E-state index contributed by atoms with van der Waals surface area (Å²) in [6.07, 6.45) is 2.33. The molecule has 0 bridgehead atoms. The van der Waals surface area contributed by atoms with Gasteiger partial charge in [0.25, 0.3) is 0 Å². The van der Waals surface area contributed by atoms with Gasteiger partial charge in [-0.15, -0.1) is 11.3 Å². The van der Waals surface area contributed by atoms with E-state index in [-0.39, 0.29) is 5.91 Å². The molecule has 108 valence electrons. The zero-order valence-corrected chi connectivity index (χ0v) is 12.6. The molecule has 5 heteroatoms. The van der Waals surface area contributed by atoms with Crippen molar-refractivity contribution in [3.63, 3.8) is 0 Å². The lowest BCUT2D eigenvalue weighted by Crippen LogP contribution is -2.11. The highest BCUT2D eigenvalue weighted by atomic mass is 32.1. The van der Waals surface area contributed by atoms with Crippen LogP contribution in [-0.4, -0.2) is 10.9 Å². The van der Waals surface area contributed by atoms with Crippen molar-refractivity contribution < 1.29 is 9.21 Å². The van der Waals surface area contributed by atoms with E-state index < -0.39 is 0 Å². The number of anilines is 1. The molecule has 21 heavy (non-hydrogen) atoms. The van der Waals surface area contributed by atoms with E-state index >= 15 is 0 Å². The molecule has 0 saturated carbocycles. The molecule has 0 radical (unpaired) electrons. The van der Waals surface area contributed by atoms with E-state index in [1.165, 1.54) is 4.88 Å². The summed E-state index contributed by atoms with van der Waals surface area (Å²) in [5.74, 6) is 0.663. The maximum Gasteiger partial charge on any atom is 0.224 e. The Morgan fingerprint density at radius 1 is 1.38 bits per heavy atom. The third-order valence-corrected chi connectivity index (χ3v) is 4.12. The van der Waals surface area contributed by atoms with Gasteiger partial charge in [-0.2, -0.15) is 0 Å². The molecule has 0 atom stereocenters. The standard InChI is InChI=1S/C16H16N2O2S/c1-11-17-14-10-12(7-8-15(14)20-11)18-16(19)6-2-4-13-5-3-9-21-13/h3,5,7-10H,2,4,6H2,1H3,(H,18,19). The molecule has 0 unspecified atom stereocenters.